The Kier molecular flexibility index (Phi) is 3.67. The van der Waals surface area contributed by atoms with Crippen molar-refractivity contribution in [2.75, 3.05) is 6.54 Å². The number of hydrogen-bond acceptors (Lipinski definition) is 3. The highest BCUT2D eigenvalue weighted by Crippen LogP contribution is 2.35. The first kappa shape index (κ1) is 12.2. The smallest absolute Gasteiger partial charge is 0.101 e. The lowest BCUT2D eigenvalue weighted by molar-refractivity contribution is 0.358. The quantitative estimate of drug-likeness (QED) is 0.884. The van der Waals surface area contributed by atoms with E-state index in [1.54, 1.807) is 0 Å². The first-order valence-corrected chi connectivity index (χ1v) is 7.94. The molecule has 96 valence electrons. The van der Waals surface area contributed by atoms with Gasteiger partial charge in [-0.2, -0.15) is 5.26 Å². The second-order valence-corrected chi connectivity index (χ2v) is 6.74. The fourth-order valence-corrected chi connectivity index (χ4v) is 4.69. The molecule has 0 amide bonds. The van der Waals surface area contributed by atoms with Crippen molar-refractivity contribution in [2.24, 2.45) is 5.92 Å². The topological polar surface area (TPSA) is 35.8 Å². The average molecular weight is 260 g/mol. The summed E-state index contributed by atoms with van der Waals surface area (Å²) >= 11 is 1.92. The largest absolute Gasteiger partial charge is 0.312 e. The van der Waals surface area contributed by atoms with Gasteiger partial charge < -0.3 is 5.32 Å². The molecule has 1 aliphatic heterocycles. The lowest BCUT2D eigenvalue weighted by Crippen LogP contribution is -2.22. The molecule has 0 atom stereocenters. The van der Waals surface area contributed by atoms with E-state index in [1.807, 2.05) is 11.3 Å². The molecule has 3 rings (SSSR count). The lowest BCUT2D eigenvalue weighted by Gasteiger charge is -2.20. The van der Waals surface area contributed by atoms with E-state index in [-0.39, 0.29) is 0 Å². The van der Waals surface area contributed by atoms with E-state index >= 15 is 0 Å². The molecule has 1 saturated carbocycles. The van der Waals surface area contributed by atoms with E-state index in [4.69, 9.17) is 0 Å². The molecule has 2 aliphatic rings. The zero-order chi connectivity index (χ0) is 12.4. The third kappa shape index (κ3) is 2.32. The molecule has 0 aromatic carbocycles. The molecule has 3 heteroatoms. The standard InChI is InChI=1S/C15H20N2S/c16-9-12-13-10-17-7-6-14(13)18-15(12)8-11-4-2-1-3-5-11/h11,17H,1-8,10H2. The van der Waals surface area contributed by atoms with Gasteiger partial charge in [-0.1, -0.05) is 32.1 Å². The van der Waals surface area contributed by atoms with Crippen LogP contribution in [0.4, 0.5) is 0 Å². The van der Waals surface area contributed by atoms with Gasteiger partial charge in [0, 0.05) is 22.8 Å². The van der Waals surface area contributed by atoms with E-state index < -0.39 is 0 Å². The van der Waals surface area contributed by atoms with Crippen molar-refractivity contribution >= 4 is 11.3 Å². The van der Waals surface area contributed by atoms with Crippen LogP contribution in [0.3, 0.4) is 0 Å². The van der Waals surface area contributed by atoms with Crippen molar-refractivity contribution < 1.29 is 0 Å². The summed E-state index contributed by atoms with van der Waals surface area (Å²) in [4.78, 5) is 2.84. The molecule has 2 nitrogen and oxygen atoms in total. The van der Waals surface area contributed by atoms with Gasteiger partial charge in [0.2, 0.25) is 0 Å². The fourth-order valence-electron chi connectivity index (χ4n) is 3.30. The monoisotopic (exact) mass is 260 g/mol. The minimum Gasteiger partial charge on any atom is -0.312 e. The van der Waals surface area contributed by atoms with Crippen LogP contribution < -0.4 is 5.32 Å². The molecule has 2 heterocycles. The first-order chi connectivity index (χ1) is 8.88. The van der Waals surface area contributed by atoms with Crippen LogP contribution in [0.5, 0.6) is 0 Å². The summed E-state index contributed by atoms with van der Waals surface area (Å²) in [7, 11) is 0. The van der Waals surface area contributed by atoms with Gasteiger partial charge in [0.25, 0.3) is 0 Å². The van der Waals surface area contributed by atoms with E-state index in [9.17, 15) is 5.26 Å². The van der Waals surface area contributed by atoms with Gasteiger partial charge in [-0.05, 0) is 24.3 Å². The molecule has 1 N–H and O–H groups in total. The SMILES string of the molecule is N#Cc1c(CC2CCCCC2)sc2c1CNCC2. The number of nitrogens with zero attached hydrogens (tertiary/aromatic N) is 1. The Hall–Kier alpha value is -0.850. The number of nitrogens with one attached hydrogen (secondary N) is 1. The molecule has 0 saturated heterocycles. The van der Waals surface area contributed by atoms with Crippen LogP contribution in [0.1, 0.15) is 53.0 Å². The van der Waals surface area contributed by atoms with Gasteiger partial charge in [-0.15, -0.1) is 11.3 Å². The van der Waals surface area contributed by atoms with Crippen LogP contribution in [-0.4, -0.2) is 6.54 Å². The predicted molar refractivity (Wildman–Crippen MR) is 74.7 cm³/mol. The Bertz CT molecular complexity index is 464. The second-order valence-electron chi connectivity index (χ2n) is 5.55. The van der Waals surface area contributed by atoms with E-state index in [0.29, 0.717) is 0 Å². The van der Waals surface area contributed by atoms with Crippen LogP contribution >= 0.6 is 11.3 Å². The summed E-state index contributed by atoms with van der Waals surface area (Å²) in [6, 6.07) is 2.46. The van der Waals surface area contributed by atoms with Crippen LogP contribution in [0.25, 0.3) is 0 Å². The first-order valence-electron chi connectivity index (χ1n) is 7.12. The normalized spacial score (nSPS) is 20.4. The molecule has 1 aromatic heterocycles. The number of rotatable bonds is 2. The number of fused-ring (bicyclic) bond motifs is 1. The van der Waals surface area contributed by atoms with Crippen molar-refractivity contribution in [2.45, 2.75) is 51.5 Å². The van der Waals surface area contributed by atoms with Crippen molar-refractivity contribution in [3.8, 4) is 6.07 Å². The molecule has 18 heavy (non-hydrogen) atoms. The fraction of sp³-hybridized carbons (Fsp3) is 0.667. The summed E-state index contributed by atoms with van der Waals surface area (Å²) in [5, 5.41) is 12.8. The minimum atomic E-state index is 0.832. The van der Waals surface area contributed by atoms with Crippen LogP contribution in [0, 0.1) is 17.2 Å². The Labute approximate surface area is 113 Å². The van der Waals surface area contributed by atoms with E-state index in [1.165, 1.54) is 47.4 Å². The molecule has 0 radical (unpaired) electrons. The van der Waals surface area contributed by atoms with Gasteiger partial charge in [0.1, 0.15) is 6.07 Å². The second kappa shape index (κ2) is 5.42. The molecular weight excluding hydrogens is 240 g/mol. The zero-order valence-electron chi connectivity index (χ0n) is 10.8. The molecule has 1 aliphatic carbocycles. The Balaban J connectivity index is 1.82. The van der Waals surface area contributed by atoms with Crippen molar-refractivity contribution in [3.63, 3.8) is 0 Å². The summed E-state index contributed by atoms with van der Waals surface area (Å²) in [5.74, 6) is 0.832. The number of hydrogen-bond donors (Lipinski definition) is 1. The highest BCUT2D eigenvalue weighted by atomic mass is 32.1. The van der Waals surface area contributed by atoms with Crippen molar-refractivity contribution in [1.82, 2.24) is 5.32 Å². The minimum absolute atomic E-state index is 0.832. The van der Waals surface area contributed by atoms with E-state index in [2.05, 4.69) is 11.4 Å². The highest BCUT2D eigenvalue weighted by molar-refractivity contribution is 7.12. The maximum Gasteiger partial charge on any atom is 0.101 e. The summed E-state index contributed by atoms with van der Waals surface area (Å²) in [6.07, 6.45) is 9.18. The molecule has 1 fully saturated rings. The Morgan fingerprint density at radius 3 is 2.89 bits per heavy atom. The summed E-state index contributed by atoms with van der Waals surface area (Å²) in [5.41, 5.74) is 2.31. The third-order valence-electron chi connectivity index (χ3n) is 4.30. The van der Waals surface area contributed by atoms with Crippen LogP contribution in [-0.2, 0) is 19.4 Å². The number of thiophene rings is 1. The summed E-state index contributed by atoms with van der Waals surface area (Å²) < 4.78 is 0. The maximum atomic E-state index is 9.42. The Morgan fingerprint density at radius 2 is 2.11 bits per heavy atom. The maximum absolute atomic E-state index is 9.42. The predicted octanol–water partition coefficient (Wildman–Crippen LogP) is 3.39. The van der Waals surface area contributed by atoms with Crippen LogP contribution in [0.15, 0.2) is 0 Å². The zero-order valence-corrected chi connectivity index (χ0v) is 11.6. The highest BCUT2D eigenvalue weighted by Gasteiger charge is 2.23. The van der Waals surface area contributed by atoms with Gasteiger partial charge in [-0.25, -0.2) is 0 Å². The average Bonchev–Trinajstić information content (AvgIpc) is 2.77. The Morgan fingerprint density at radius 1 is 1.28 bits per heavy atom. The van der Waals surface area contributed by atoms with Gasteiger partial charge >= 0.3 is 0 Å². The molecule has 0 unspecified atom stereocenters. The third-order valence-corrected chi connectivity index (χ3v) is 5.62. The lowest BCUT2D eigenvalue weighted by atomic mass is 9.86. The van der Waals surface area contributed by atoms with E-state index in [0.717, 1.165) is 37.4 Å². The number of nitriles is 1. The van der Waals surface area contributed by atoms with Gasteiger partial charge in [-0.3, -0.25) is 0 Å². The summed E-state index contributed by atoms with van der Waals surface area (Å²) in [6.45, 7) is 1.97. The van der Waals surface area contributed by atoms with Crippen LogP contribution in [0.2, 0.25) is 0 Å². The molecule has 0 spiro atoms. The van der Waals surface area contributed by atoms with Crippen molar-refractivity contribution in [3.05, 3.63) is 20.9 Å². The van der Waals surface area contributed by atoms with Crippen molar-refractivity contribution in [1.29, 1.82) is 5.26 Å². The van der Waals surface area contributed by atoms with Gasteiger partial charge in [0.05, 0.1) is 5.56 Å². The molecule has 1 aromatic rings. The molecular formula is C15H20N2S. The van der Waals surface area contributed by atoms with Gasteiger partial charge in [0.15, 0.2) is 0 Å². The molecule has 0 bridgehead atoms.